The Morgan fingerprint density at radius 1 is 1.12 bits per heavy atom. The van der Waals surface area contributed by atoms with Gasteiger partial charge in [0.15, 0.2) is 15.6 Å². The molecule has 3 rings (SSSR count). The van der Waals surface area contributed by atoms with Crippen molar-refractivity contribution in [3.63, 3.8) is 0 Å². The lowest BCUT2D eigenvalue weighted by Crippen LogP contribution is -2.20. The summed E-state index contributed by atoms with van der Waals surface area (Å²) in [4.78, 5) is 12.4. The van der Waals surface area contributed by atoms with Gasteiger partial charge in [-0.1, -0.05) is 24.3 Å². The molecule has 0 spiro atoms. The van der Waals surface area contributed by atoms with E-state index in [1.807, 2.05) is 37.3 Å². The van der Waals surface area contributed by atoms with E-state index >= 15 is 0 Å². The molecule has 0 fully saturated rings. The van der Waals surface area contributed by atoms with Gasteiger partial charge in [-0.25, -0.2) is 8.42 Å². The van der Waals surface area contributed by atoms with Crippen LogP contribution in [0.2, 0.25) is 0 Å². The first kappa shape index (κ1) is 17.2. The Labute approximate surface area is 147 Å². The Morgan fingerprint density at radius 3 is 2.68 bits per heavy atom. The second-order valence-electron chi connectivity index (χ2n) is 5.98. The monoisotopic (exact) mass is 357 g/mol. The lowest BCUT2D eigenvalue weighted by Gasteiger charge is -2.15. The number of rotatable bonds is 4. The Balaban J connectivity index is 1.81. The fraction of sp³-hybridized carbons (Fsp3) is 0.211. The minimum absolute atomic E-state index is 0.0941. The molecule has 0 atom stereocenters. The second kappa shape index (κ2) is 7.11. The second-order valence-corrected chi connectivity index (χ2v) is 7.95. The fourth-order valence-corrected chi connectivity index (χ4v) is 3.96. The molecule has 1 aliphatic rings. The normalized spacial score (nSPS) is 16.0. The molecule has 130 valence electrons. The molecule has 5 nitrogen and oxygen atoms in total. The molecular weight excluding hydrogens is 338 g/mol. The smallest absolute Gasteiger partial charge is 0.252 e. The van der Waals surface area contributed by atoms with E-state index in [2.05, 4.69) is 5.32 Å². The number of aryl methyl sites for hydroxylation is 1. The zero-order valence-electron chi connectivity index (χ0n) is 13.9. The lowest BCUT2D eigenvalue weighted by atomic mass is 10.1. The van der Waals surface area contributed by atoms with Gasteiger partial charge in [0, 0.05) is 11.0 Å². The summed E-state index contributed by atoms with van der Waals surface area (Å²) in [6.07, 6.45) is 0.912. The van der Waals surface area contributed by atoms with Crippen LogP contribution >= 0.6 is 0 Å². The molecule has 1 aliphatic heterocycles. The molecule has 0 radical (unpaired) electrons. The highest BCUT2D eigenvalue weighted by Crippen LogP contribution is 2.30. The summed E-state index contributed by atoms with van der Waals surface area (Å²) >= 11 is 0. The van der Waals surface area contributed by atoms with Crippen molar-refractivity contribution in [2.75, 3.05) is 11.1 Å². The number of ether oxygens (including phenoxy) is 1. The Hall–Kier alpha value is -2.60. The van der Waals surface area contributed by atoms with Crippen LogP contribution in [0.1, 0.15) is 18.4 Å². The molecule has 2 aromatic rings. The molecular formula is C19H19NO4S. The summed E-state index contributed by atoms with van der Waals surface area (Å²) in [5.41, 5.74) is 1.84. The van der Waals surface area contributed by atoms with E-state index in [9.17, 15) is 13.2 Å². The highest BCUT2D eigenvalue weighted by atomic mass is 32.2. The van der Waals surface area contributed by atoms with Gasteiger partial charge in [-0.15, -0.1) is 0 Å². The summed E-state index contributed by atoms with van der Waals surface area (Å²) in [6.45, 7) is 1.97. The van der Waals surface area contributed by atoms with Crippen molar-refractivity contribution >= 4 is 21.4 Å². The lowest BCUT2D eigenvalue weighted by molar-refractivity contribution is -0.113. The van der Waals surface area contributed by atoms with Gasteiger partial charge in [-0.3, -0.25) is 4.79 Å². The molecule has 0 unspecified atom stereocenters. The van der Waals surface area contributed by atoms with Crippen molar-refractivity contribution in [2.45, 2.75) is 19.8 Å². The van der Waals surface area contributed by atoms with Gasteiger partial charge in [0.05, 0.1) is 11.4 Å². The van der Waals surface area contributed by atoms with Gasteiger partial charge < -0.3 is 10.1 Å². The van der Waals surface area contributed by atoms with Gasteiger partial charge in [0.1, 0.15) is 5.75 Å². The average Bonchev–Trinajstić information content (AvgIpc) is 2.56. The average molecular weight is 357 g/mol. The maximum absolute atomic E-state index is 12.4. The molecule has 1 amide bonds. The van der Waals surface area contributed by atoms with Gasteiger partial charge in [0.2, 0.25) is 0 Å². The number of carbonyl (C=O) groups is 1. The van der Waals surface area contributed by atoms with Crippen LogP contribution in [0.4, 0.5) is 5.69 Å². The third kappa shape index (κ3) is 4.48. The standard InChI is InChI=1S/C19H19NO4S/c1-14-6-4-8-16(12-14)24-18-10-3-2-9-17(18)20-19(21)15-7-5-11-25(22,23)13-15/h2-4,6,8-10,12-13H,5,7,11H2,1H3,(H,20,21). The molecule has 1 heterocycles. The van der Waals surface area contributed by atoms with E-state index in [0.29, 0.717) is 30.0 Å². The van der Waals surface area contributed by atoms with E-state index in [4.69, 9.17) is 4.74 Å². The number of anilines is 1. The predicted molar refractivity (Wildman–Crippen MR) is 97.4 cm³/mol. The van der Waals surface area contributed by atoms with Gasteiger partial charge in [-0.05, 0) is 49.6 Å². The Bertz CT molecular complexity index is 932. The Kier molecular flexibility index (Phi) is 4.90. The number of benzene rings is 2. The number of carbonyl (C=O) groups excluding carboxylic acids is 1. The molecule has 6 heteroatoms. The number of amides is 1. The van der Waals surface area contributed by atoms with Crippen molar-refractivity contribution in [1.29, 1.82) is 0 Å². The molecule has 0 bridgehead atoms. The van der Waals surface area contributed by atoms with Crippen molar-refractivity contribution in [1.82, 2.24) is 0 Å². The molecule has 1 N–H and O–H groups in total. The zero-order chi connectivity index (χ0) is 17.9. The third-order valence-corrected chi connectivity index (χ3v) is 5.34. The highest BCUT2D eigenvalue weighted by Gasteiger charge is 2.21. The summed E-state index contributed by atoms with van der Waals surface area (Å²) < 4.78 is 29.2. The summed E-state index contributed by atoms with van der Waals surface area (Å²) in [5.74, 6) is 0.849. The number of hydrogen-bond donors (Lipinski definition) is 1. The van der Waals surface area contributed by atoms with E-state index in [1.165, 1.54) is 0 Å². The number of nitrogens with one attached hydrogen (secondary N) is 1. The largest absolute Gasteiger partial charge is 0.455 e. The zero-order valence-corrected chi connectivity index (χ0v) is 14.7. The van der Waals surface area contributed by atoms with Crippen LogP contribution in [0, 0.1) is 6.92 Å². The minimum Gasteiger partial charge on any atom is -0.455 e. The summed E-state index contributed by atoms with van der Waals surface area (Å²) in [5, 5.41) is 3.84. The van der Waals surface area contributed by atoms with Crippen molar-refractivity contribution in [3.8, 4) is 11.5 Å². The third-order valence-electron chi connectivity index (χ3n) is 3.84. The number of hydrogen-bond acceptors (Lipinski definition) is 4. The van der Waals surface area contributed by atoms with E-state index < -0.39 is 15.7 Å². The van der Waals surface area contributed by atoms with Crippen LogP contribution in [0.25, 0.3) is 0 Å². The molecule has 25 heavy (non-hydrogen) atoms. The molecule has 0 aliphatic carbocycles. The first-order valence-corrected chi connectivity index (χ1v) is 9.73. The summed E-state index contributed by atoms with van der Waals surface area (Å²) in [7, 11) is -3.29. The number of sulfone groups is 1. The van der Waals surface area contributed by atoms with Gasteiger partial charge in [0.25, 0.3) is 5.91 Å². The van der Waals surface area contributed by atoms with Crippen LogP contribution in [0.15, 0.2) is 59.5 Å². The first-order valence-electron chi connectivity index (χ1n) is 8.01. The van der Waals surface area contributed by atoms with Crippen LogP contribution in [-0.4, -0.2) is 20.1 Å². The van der Waals surface area contributed by atoms with Crippen LogP contribution in [-0.2, 0) is 14.6 Å². The SMILES string of the molecule is Cc1cccc(Oc2ccccc2NC(=O)C2=CS(=O)(=O)CCC2)c1. The maximum Gasteiger partial charge on any atom is 0.252 e. The first-order chi connectivity index (χ1) is 11.9. The van der Waals surface area contributed by atoms with Crippen molar-refractivity contribution < 1.29 is 17.9 Å². The molecule has 0 aromatic heterocycles. The minimum atomic E-state index is -3.29. The van der Waals surface area contributed by atoms with E-state index in [-0.39, 0.29) is 11.3 Å². The Morgan fingerprint density at radius 2 is 1.92 bits per heavy atom. The maximum atomic E-state index is 12.4. The van der Waals surface area contributed by atoms with E-state index in [0.717, 1.165) is 11.0 Å². The number of para-hydroxylation sites is 2. The summed E-state index contributed by atoms with van der Waals surface area (Å²) in [6, 6.07) is 14.7. The van der Waals surface area contributed by atoms with Crippen LogP contribution in [0.3, 0.4) is 0 Å². The quantitative estimate of drug-likeness (QED) is 0.903. The van der Waals surface area contributed by atoms with Crippen LogP contribution in [0.5, 0.6) is 11.5 Å². The van der Waals surface area contributed by atoms with Gasteiger partial charge in [-0.2, -0.15) is 0 Å². The predicted octanol–water partition coefficient (Wildman–Crippen LogP) is 3.82. The van der Waals surface area contributed by atoms with E-state index in [1.54, 1.807) is 18.2 Å². The van der Waals surface area contributed by atoms with Gasteiger partial charge >= 0.3 is 0 Å². The molecule has 0 saturated heterocycles. The van der Waals surface area contributed by atoms with Crippen molar-refractivity contribution in [2.24, 2.45) is 0 Å². The topological polar surface area (TPSA) is 72.5 Å². The van der Waals surface area contributed by atoms with Crippen LogP contribution < -0.4 is 10.1 Å². The van der Waals surface area contributed by atoms with Crippen molar-refractivity contribution in [3.05, 3.63) is 65.1 Å². The molecule has 2 aromatic carbocycles. The molecule has 0 saturated carbocycles. The fourth-order valence-electron chi connectivity index (χ4n) is 2.63. The highest BCUT2D eigenvalue weighted by molar-refractivity contribution is 7.94.